The number of carbonyl (C=O) groups is 1. The molecule has 0 radical (unpaired) electrons. The molecule has 0 amide bonds. The first-order valence-electron chi connectivity index (χ1n) is 10.6. The number of thiophene rings is 1. The first kappa shape index (κ1) is 22.3. The normalized spacial score (nSPS) is 11.1. The van der Waals surface area contributed by atoms with Crippen LogP contribution in [0.3, 0.4) is 0 Å². The van der Waals surface area contributed by atoms with E-state index in [9.17, 15) is 9.90 Å². The minimum Gasteiger partial charge on any atom is -0.508 e. The van der Waals surface area contributed by atoms with E-state index in [1.165, 1.54) is 16.9 Å². The van der Waals surface area contributed by atoms with Crippen LogP contribution in [0.4, 0.5) is 0 Å². The van der Waals surface area contributed by atoms with Crippen LogP contribution in [0, 0.1) is 0 Å². The van der Waals surface area contributed by atoms with E-state index in [0.717, 1.165) is 36.0 Å². The summed E-state index contributed by atoms with van der Waals surface area (Å²) in [6.07, 6.45) is 2.06. The fourth-order valence-electron chi connectivity index (χ4n) is 3.52. The van der Waals surface area contributed by atoms with Gasteiger partial charge >= 0.3 is 0 Å². The molecular weight excluding hydrogens is 442 g/mol. The van der Waals surface area contributed by atoms with E-state index in [2.05, 4.69) is 24.4 Å². The number of aryl methyl sites for hydroxylation is 1. The molecule has 2 N–H and O–H groups in total. The van der Waals surface area contributed by atoms with Gasteiger partial charge in [-0.05, 0) is 74.0 Å². The first-order chi connectivity index (χ1) is 15.6. The van der Waals surface area contributed by atoms with Gasteiger partial charge in [-0.3, -0.25) is 4.79 Å². The average Bonchev–Trinajstić information content (AvgIpc) is 3.15. The molecule has 0 aliphatic heterocycles. The molecule has 0 spiro atoms. The van der Waals surface area contributed by atoms with Crippen LogP contribution in [0.5, 0.6) is 17.2 Å². The Morgan fingerprint density at radius 2 is 1.88 bits per heavy atom. The number of nitrogens with one attached hydrogen (secondary N) is 1. The van der Waals surface area contributed by atoms with Gasteiger partial charge in [-0.2, -0.15) is 0 Å². The fourth-order valence-corrected chi connectivity index (χ4v) is 4.86. The van der Waals surface area contributed by atoms with E-state index in [-0.39, 0.29) is 11.5 Å². The largest absolute Gasteiger partial charge is 0.508 e. The zero-order valence-electron chi connectivity index (χ0n) is 17.7. The second kappa shape index (κ2) is 10.2. The van der Waals surface area contributed by atoms with Crippen molar-refractivity contribution in [3.05, 3.63) is 87.8 Å². The maximum Gasteiger partial charge on any atom is 0.208 e. The summed E-state index contributed by atoms with van der Waals surface area (Å²) in [5.74, 6) is 1.08. The van der Waals surface area contributed by atoms with Crippen LogP contribution in [0.1, 0.15) is 34.1 Å². The molecule has 1 aromatic heterocycles. The van der Waals surface area contributed by atoms with Gasteiger partial charge in [0.1, 0.15) is 16.4 Å². The van der Waals surface area contributed by atoms with Gasteiger partial charge < -0.3 is 15.2 Å². The van der Waals surface area contributed by atoms with Crippen LogP contribution in [0.15, 0.2) is 66.7 Å². The second-order valence-corrected chi connectivity index (χ2v) is 8.91. The molecule has 0 aliphatic rings. The van der Waals surface area contributed by atoms with Crippen LogP contribution in [0.2, 0.25) is 5.02 Å². The van der Waals surface area contributed by atoms with Crippen molar-refractivity contribution < 1.29 is 14.6 Å². The van der Waals surface area contributed by atoms with Crippen molar-refractivity contribution in [3.63, 3.8) is 0 Å². The molecule has 0 aliphatic carbocycles. The fraction of sp³-hybridized carbons (Fsp3) is 0.192. The highest BCUT2D eigenvalue weighted by Gasteiger charge is 2.23. The van der Waals surface area contributed by atoms with Crippen LogP contribution in [-0.2, 0) is 6.42 Å². The minimum absolute atomic E-state index is 0.143. The highest BCUT2D eigenvalue weighted by Crippen LogP contribution is 2.43. The lowest BCUT2D eigenvalue weighted by molar-refractivity contribution is 0.104. The summed E-state index contributed by atoms with van der Waals surface area (Å²) in [7, 11) is 0. The predicted molar refractivity (Wildman–Crippen MR) is 132 cm³/mol. The number of rotatable bonds is 9. The summed E-state index contributed by atoms with van der Waals surface area (Å²) in [6.45, 7) is 4.08. The molecule has 0 unspecified atom stereocenters. The van der Waals surface area contributed by atoms with E-state index in [0.29, 0.717) is 27.0 Å². The van der Waals surface area contributed by atoms with Gasteiger partial charge in [0.15, 0.2) is 5.75 Å². The molecule has 0 bridgehead atoms. The third-order valence-electron chi connectivity index (χ3n) is 5.17. The van der Waals surface area contributed by atoms with E-state index in [4.69, 9.17) is 16.3 Å². The Labute approximate surface area is 196 Å². The van der Waals surface area contributed by atoms with Crippen molar-refractivity contribution >= 4 is 38.8 Å². The van der Waals surface area contributed by atoms with Crippen molar-refractivity contribution in [1.82, 2.24) is 5.32 Å². The van der Waals surface area contributed by atoms with Gasteiger partial charge in [-0.1, -0.05) is 42.8 Å². The Morgan fingerprint density at radius 1 is 1.09 bits per heavy atom. The number of benzene rings is 3. The molecule has 4 aromatic rings. The topological polar surface area (TPSA) is 58.6 Å². The van der Waals surface area contributed by atoms with Gasteiger partial charge in [0.2, 0.25) is 5.78 Å². The van der Waals surface area contributed by atoms with E-state index in [1.807, 2.05) is 12.1 Å². The maximum atomic E-state index is 13.3. The van der Waals surface area contributed by atoms with Crippen LogP contribution in [0.25, 0.3) is 10.1 Å². The number of halogens is 1. The van der Waals surface area contributed by atoms with Crippen molar-refractivity contribution in [2.75, 3.05) is 13.1 Å². The summed E-state index contributed by atoms with van der Waals surface area (Å²) in [6, 6.07) is 20.0. The third-order valence-corrected chi connectivity index (χ3v) is 6.63. The van der Waals surface area contributed by atoms with Crippen LogP contribution >= 0.6 is 22.9 Å². The smallest absolute Gasteiger partial charge is 0.208 e. The summed E-state index contributed by atoms with van der Waals surface area (Å²) in [5, 5.41) is 14.4. The third kappa shape index (κ3) is 4.96. The summed E-state index contributed by atoms with van der Waals surface area (Å²) in [4.78, 5) is 13.8. The molecule has 0 fully saturated rings. The monoisotopic (exact) mass is 465 g/mol. The van der Waals surface area contributed by atoms with Gasteiger partial charge in [0.05, 0.1) is 5.02 Å². The van der Waals surface area contributed by atoms with Crippen molar-refractivity contribution in [2.24, 2.45) is 0 Å². The summed E-state index contributed by atoms with van der Waals surface area (Å²) in [5.41, 5.74) is 1.66. The zero-order valence-corrected chi connectivity index (χ0v) is 19.3. The second-order valence-electron chi connectivity index (χ2n) is 7.45. The first-order valence-corrected chi connectivity index (χ1v) is 11.8. The summed E-state index contributed by atoms with van der Waals surface area (Å²) < 4.78 is 7.01. The number of fused-ring (bicyclic) bond motifs is 1. The molecule has 0 saturated heterocycles. The molecule has 6 heteroatoms. The van der Waals surface area contributed by atoms with Crippen molar-refractivity contribution in [2.45, 2.75) is 19.8 Å². The number of aromatic hydroxyl groups is 1. The van der Waals surface area contributed by atoms with Gasteiger partial charge in [-0.25, -0.2) is 0 Å². The Kier molecular flexibility index (Phi) is 7.10. The molecule has 4 rings (SSSR count). The molecule has 0 saturated carbocycles. The zero-order chi connectivity index (χ0) is 22.5. The Hall–Kier alpha value is -2.86. The van der Waals surface area contributed by atoms with E-state index >= 15 is 0 Å². The Balaban J connectivity index is 1.65. The standard InChI is InChI=1S/C26H24ClNO3S/c1-2-28-15-5-6-17-9-12-19(13-10-17)31-25-21-14-11-18(29)16-23(21)32-26(25)24(30)20-7-3-4-8-22(20)27/h3-4,7-14,16,28-29H,2,5-6,15H2,1H3. The lowest BCUT2D eigenvalue weighted by Crippen LogP contribution is -2.14. The lowest BCUT2D eigenvalue weighted by Gasteiger charge is -2.09. The van der Waals surface area contributed by atoms with Gasteiger partial charge in [-0.15, -0.1) is 11.3 Å². The Morgan fingerprint density at radius 3 is 2.62 bits per heavy atom. The van der Waals surface area contributed by atoms with Gasteiger partial charge in [0.25, 0.3) is 0 Å². The number of carbonyl (C=O) groups excluding carboxylic acids is 1. The number of hydrogen-bond donors (Lipinski definition) is 2. The molecule has 164 valence electrons. The molecule has 4 nitrogen and oxygen atoms in total. The maximum absolute atomic E-state index is 13.3. The predicted octanol–water partition coefficient (Wildman–Crippen LogP) is 6.83. The van der Waals surface area contributed by atoms with Crippen molar-refractivity contribution in [1.29, 1.82) is 0 Å². The molecular formula is C26H24ClNO3S. The van der Waals surface area contributed by atoms with Crippen LogP contribution < -0.4 is 10.1 Å². The number of hydrogen-bond acceptors (Lipinski definition) is 5. The average molecular weight is 466 g/mol. The Bertz CT molecular complexity index is 1230. The minimum atomic E-state index is -0.202. The van der Waals surface area contributed by atoms with Gasteiger partial charge in [0, 0.05) is 15.6 Å². The van der Waals surface area contributed by atoms with Crippen molar-refractivity contribution in [3.8, 4) is 17.2 Å². The highest BCUT2D eigenvalue weighted by molar-refractivity contribution is 7.21. The molecule has 32 heavy (non-hydrogen) atoms. The molecule has 0 atom stereocenters. The lowest BCUT2D eigenvalue weighted by atomic mass is 10.1. The molecule has 1 heterocycles. The van der Waals surface area contributed by atoms with E-state index in [1.54, 1.807) is 42.5 Å². The number of phenolic OH excluding ortho intramolecular Hbond substituents is 1. The van der Waals surface area contributed by atoms with E-state index < -0.39 is 0 Å². The summed E-state index contributed by atoms with van der Waals surface area (Å²) >= 11 is 7.57. The number of ether oxygens (including phenoxy) is 1. The number of ketones is 1. The highest BCUT2D eigenvalue weighted by atomic mass is 35.5. The number of phenols is 1. The van der Waals surface area contributed by atoms with Crippen LogP contribution in [-0.4, -0.2) is 24.0 Å². The molecule has 3 aromatic carbocycles. The SMILES string of the molecule is CCNCCCc1ccc(Oc2c(C(=O)c3ccccc3Cl)sc3cc(O)ccc23)cc1. The quantitative estimate of drug-likeness (QED) is 0.210.